The number of carbonyl (C=O) groups is 1. The molecule has 1 aromatic carbocycles. The fourth-order valence-corrected chi connectivity index (χ4v) is 2.24. The second kappa shape index (κ2) is 10.4. The van der Waals surface area contributed by atoms with Gasteiger partial charge in [-0.3, -0.25) is 9.63 Å². The predicted molar refractivity (Wildman–Crippen MR) is 83.3 cm³/mol. The molecule has 1 amide bonds. The lowest BCUT2D eigenvalue weighted by Crippen LogP contribution is -2.37. The standard InChI is InChI=1S/C17H27NO3/c1-3-5-7-12-15(16(19)4-2)17(20)18-21-13-14-10-8-6-9-11-14/h6,8-11,15-16,19H,3-5,7,12-13H2,1-2H3,(H,18,20)/t15-,16+/m1/s1. The average Bonchev–Trinajstić information content (AvgIpc) is 2.52. The van der Waals surface area contributed by atoms with Gasteiger partial charge < -0.3 is 5.11 Å². The third-order valence-electron chi connectivity index (χ3n) is 3.59. The topological polar surface area (TPSA) is 58.6 Å². The number of amides is 1. The molecular formula is C17H27NO3. The number of nitrogens with one attached hydrogen (secondary N) is 1. The van der Waals surface area contributed by atoms with Gasteiger partial charge in [-0.05, 0) is 18.4 Å². The molecule has 1 aromatic rings. The van der Waals surface area contributed by atoms with Crippen LogP contribution in [0, 0.1) is 5.92 Å². The Bertz CT molecular complexity index is 394. The first-order valence-corrected chi connectivity index (χ1v) is 7.82. The van der Waals surface area contributed by atoms with Crippen molar-refractivity contribution in [2.24, 2.45) is 5.92 Å². The van der Waals surface area contributed by atoms with Crippen molar-refractivity contribution in [1.82, 2.24) is 5.48 Å². The maximum Gasteiger partial charge on any atom is 0.249 e. The number of unbranched alkanes of at least 4 members (excludes halogenated alkanes) is 2. The van der Waals surface area contributed by atoms with Gasteiger partial charge in [0.2, 0.25) is 5.91 Å². The molecule has 4 heteroatoms. The van der Waals surface area contributed by atoms with Gasteiger partial charge in [-0.2, -0.15) is 0 Å². The zero-order chi connectivity index (χ0) is 15.5. The second-order valence-corrected chi connectivity index (χ2v) is 5.32. The molecule has 2 atom stereocenters. The Kier molecular flexibility index (Phi) is 8.71. The summed E-state index contributed by atoms with van der Waals surface area (Å²) in [5.41, 5.74) is 3.47. The van der Waals surface area contributed by atoms with E-state index in [2.05, 4.69) is 12.4 Å². The van der Waals surface area contributed by atoms with Crippen LogP contribution in [0.1, 0.15) is 51.5 Å². The van der Waals surface area contributed by atoms with Crippen LogP contribution in [0.4, 0.5) is 0 Å². The number of hydrogen-bond acceptors (Lipinski definition) is 3. The molecule has 0 unspecified atom stereocenters. The summed E-state index contributed by atoms with van der Waals surface area (Å²) in [7, 11) is 0. The van der Waals surface area contributed by atoms with Crippen molar-refractivity contribution in [1.29, 1.82) is 0 Å². The van der Waals surface area contributed by atoms with E-state index in [0.29, 0.717) is 19.4 Å². The summed E-state index contributed by atoms with van der Waals surface area (Å²) in [6.45, 7) is 4.33. The van der Waals surface area contributed by atoms with E-state index < -0.39 is 12.0 Å². The molecule has 0 radical (unpaired) electrons. The Hall–Kier alpha value is -1.39. The molecule has 0 aromatic heterocycles. The van der Waals surface area contributed by atoms with Gasteiger partial charge in [-0.15, -0.1) is 0 Å². The predicted octanol–water partition coefficient (Wildman–Crippen LogP) is 3.20. The molecule has 0 heterocycles. The zero-order valence-electron chi connectivity index (χ0n) is 13.0. The first-order chi connectivity index (χ1) is 10.2. The fraction of sp³-hybridized carbons (Fsp3) is 0.588. The molecule has 1 rings (SSSR count). The quantitative estimate of drug-likeness (QED) is 0.514. The van der Waals surface area contributed by atoms with Gasteiger partial charge in [-0.25, -0.2) is 5.48 Å². The summed E-state index contributed by atoms with van der Waals surface area (Å²) in [5, 5.41) is 9.99. The van der Waals surface area contributed by atoms with Crippen LogP contribution >= 0.6 is 0 Å². The van der Waals surface area contributed by atoms with Gasteiger partial charge in [-0.1, -0.05) is 63.4 Å². The summed E-state index contributed by atoms with van der Waals surface area (Å²) in [4.78, 5) is 17.4. The number of hydrogen-bond donors (Lipinski definition) is 2. The largest absolute Gasteiger partial charge is 0.392 e. The maximum atomic E-state index is 12.1. The molecule has 2 N–H and O–H groups in total. The number of hydroxylamine groups is 1. The highest BCUT2D eigenvalue weighted by molar-refractivity contribution is 5.78. The maximum absolute atomic E-state index is 12.1. The lowest BCUT2D eigenvalue weighted by atomic mass is 9.93. The molecule has 0 bridgehead atoms. The smallest absolute Gasteiger partial charge is 0.249 e. The van der Waals surface area contributed by atoms with Crippen LogP contribution < -0.4 is 5.48 Å². The molecule has 0 aliphatic heterocycles. The minimum Gasteiger partial charge on any atom is -0.392 e. The molecule has 4 nitrogen and oxygen atoms in total. The van der Waals surface area contributed by atoms with E-state index in [1.54, 1.807) is 0 Å². The summed E-state index contributed by atoms with van der Waals surface area (Å²) < 4.78 is 0. The van der Waals surface area contributed by atoms with E-state index in [1.165, 1.54) is 0 Å². The second-order valence-electron chi connectivity index (χ2n) is 5.32. The molecular weight excluding hydrogens is 266 g/mol. The van der Waals surface area contributed by atoms with Gasteiger partial charge >= 0.3 is 0 Å². The number of benzene rings is 1. The van der Waals surface area contributed by atoms with Crippen LogP contribution in [0.25, 0.3) is 0 Å². The zero-order valence-corrected chi connectivity index (χ0v) is 13.0. The van der Waals surface area contributed by atoms with Crippen LogP contribution in [0.3, 0.4) is 0 Å². The number of aliphatic hydroxyl groups excluding tert-OH is 1. The van der Waals surface area contributed by atoms with E-state index in [1.807, 2.05) is 37.3 Å². The molecule has 0 saturated heterocycles. The van der Waals surface area contributed by atoms with Gasteiger partial charge in [0, 0.05) is 0 Å². The summed E-state index contributed by atoms with van der Waals surface area (Å²) in [6, 6.07) is 9.66. The third kappa shape index (κ3) is 6.74. The van der Waals surface area contributed by atoms with Crippen LogP contribution in [-0.2, 0) is 16.2 Å². The monoisotopic (exact) mass is 293 g/mol. The normalized spacial score (nSPS) is 13.7. The third-order valence-corrected chi connectivity index (χ3v) is 3.59. The Balaban J connectivity index is 2.40. The summed E-state index contributed by atoms with van der Waals surface area (Å²) in [6.07, 6.45) is 3.78. The fourth-order valence-electron chi connectivity index (χ4n) is 2.24. The SMILES string of the molecule is CCCCC[C@@H](C(=O)NOCc1ccccc1)[C@@H](O)CC. The first-order valence-electron chi connectivity index (χ1n) is 7.82. The highest BCUT2D eigenvalue weighted by atomic mass is 16.6. The van der Waals surface area contributed by atoms with Crippen LogP contribution in [0.5, 0.6) is 0 Å². The Morgan fingerprint density at radius 2 is 1.95 bits per heavy atom. The van der Waals surface area contributed by atoms with Crippen molar-refractivity contribution >= 4 is 5.91 Å². The molecule has 118 valence electrons. The minimum atomic E-state index is -0.609. The molecule has 0 saturated carbocycles. The lowest BCUT2D eigenvalue weighted by molar-refractivity contribution is -0.143. The van der Waals surface area contributed by atoms with E-state index in [0.717, 1.165) is 24.8 Å². The molecule has 0 fully saturated rings. The molecule has 21 heavy (non-hydrogen) atoms. The Morgan fingerprint density at radius 3 is 2.57 bits per heavy atom. The van der Waals surface area contributed by atoms with E-state index in [4.69, 9.17) is 4.84 Å². The van der Waals surface area contributed by atoms with Gasteiger partial charge in [0.05, 0.1) is 18.6 Å². The molecule has 0 aliphatic carbocycles. The summed E-state index contributed by atoms with van der Waals surface area (Å²) >= 11 is 0. The number of rotatable bonds is 10. The van der Waals surface area contributed by atoms with Crippen LogP contribution in [0.15, 0.2) is 30.3 Å². The lowest BCUT2D eigenvalue weighted by Gasteiger charge is -2.21. The Labute approximate surface area is 127 Å². The van der Waals surface area contributed by atoms with Crippen molar-refractivity contribution in [3.05, 3.63) is 35.9 Å². The molecule has 0 spiro atoms. The van der Waals surface area contributed by atoms with Crippen LogP contribution in [0.2, 0.25) is 0 Å². The highest BCUT2D eigenvalue weighted by Gasteiger charge is 2.25. The van der Waals surface area contributed by atoms with Gasteiger partial charge in [0.15, 0.2) is 0 Å². The number of carbonyl (C=O) groups excluding carboxylic acids is 1. The van der Waals surface area contributed by atoms with Gasteiger partial charge in [0.25, 0.3) is 0 Å². The van der Waals surface area contributed by atoms with E-state index in [-0.39, 0.29) is 5.91 Å². The van der Waals surface area contributed by atoms with E-state index >= 15 is 0 Å². The van der Waals surface area contributed by atoms with Crippen molar-refractivity contribution in [3.63, 3.8) is 0 Å². The Morgan fingerprint density at radius 1 is 1.24 bits per heavy atom. The van der Waals surface area contributed by atoms with Gasteiger partial charge in [0.1, 0.15) is 0 Å². The first kappa shape index (κ1) is 17.7. The van der Waals surface area contributed by atoms with Crippen LogP contribution in [-0.4, -0.2) is 17.1 Å². The number of aliphatic hydroxyl groups is 1. The highest BCUT2D eigenvalue weighted by Crippen LogP contribution is 2.17. The summed E-state index contributed by atoms with van der Waals surface area (Å²) in [5.74, 6) is -0.617. The van der Waals surface area contributed by atoms with Crippen molar-refractivity contribution in [3.8, 4) is 0 Å². The van der Waals surface area contributed by atoms with Crippen molar-refractivity contribution in [2.75, 3.05) is 0 Å². The van der Waals surface area contributed by atoms with E-state index in [9.17, 15) is 9.90 Å². The van der Waals surface area contributed by atoms with Crippen molar-refractivity contribution < 1.29 is 14.7 Å². The van der Waals surface area contributed by atoms with Crippen molar-refractivity contribution in [2.45, 2.75) is 58.7 Å². The average molecular weight is 293 g/mol. The minimum absolute atomic E-state index is 0.226. The molecule has 0 aliphatic rings.